The van der Waals surface area contributed by atoms with Gasteiger partial charge in [-0.25, -0.2) is 4.68 Å². The maximum absolute atomic E-state index is 11.9. The van der Waals surface area contributed by atoms with E-state index >= 15 is 0 Å². The fourth-order valence-corrected chi connectivity index (χ4v) is 2.18. The van der Waals surface area contributed by atoms with E-state index in [4.69, 9.17) is 23.2 Å². The zero-order chi connectivity index (χ0) is 15.2. The first kappa shape index (κ1) is 15.6. The number of halogens is 2. The Bertz CT molecular complexity index is 665. The lowest BCUT2D eigenvalue weighted by atomic mass is 10.2. The first-order valence-corrected chi connectivity index (χ1v) is 7.32. The van der Waals surface area contributed by atoms with Crippen molar-refractivity contribution in [3.63, 3.8) is 0 Å². The molecule has 4 nitrogen and oxygen atoms in total. The van der Waals surface area contributed by atoms with Crippen LogP contribution >= 0.6 is 23.2 Å². The van der Waals surface area contributed by atoms with Gasteiger partial charge in [0.25, 0.3) is 0 Å². The highest BCUT2D eigenvalue weighted by molar-refractivity contribution is 6.42. The van der Waals surface area contributed by atoms with E-state index in [1.165, 1.54) is 6.08 Å². The van der Waals surface area contributed by atoms with Crippen LogP contribution in [0.3, 0.4) is 0 Å². The molecule has 6 heteroatoms. The lowest BCUT2D eigenvalue weighted by molar-refractivity contribution is -0.111. The molecule has 1 N–H and O–H groups in total. The highest BCUT2D eigenvalue weighted by Gasteiger charge is 2.05. The fraction of sp³-hybridized carbons (Fsp3) is 0.200. The van der Waals surface area contributed by atoms with Crippen LogP contribution < -0.4 is 5.32 Å². The first-order valence-electron chi connectivity index (χ1n) is 6.56. The summed E-state index contributed by atoms with van der Waals surface area (Å²) in [5.41, 5.74) is 0.696. The topological polar surface area (TPSA) is 46.9 Å². The number of hydrogen-bond donors (Lipinski definition) is 1. The van der Waals surface area contributed by atoms with Gasteiger partial charge in [0.15, 0.2) is 0 Å². The van der Waals surface area contributed by atoms with Crippen molar-refractivity contribution in [2.45, 2.75) is 19.9 Å². The van der Waals surface area contributed by atoms with E-state index in [1.807, 2.05) is 6.92 Å². The van der Waals surface area contributed by atoms with Gasteiger partial charge >= 0.3 is 0 Å². The average Bonchev–Trinajstić information content (AvgIpc) is 2.88. The summed E-state index contributed by atoms with van der Waals surface area (Å²) < 4.78 is 1.75. The Morgan fingerprint density at radius 1 is 1.38 bits per heavy atom. The largest absolute Gasteiger partial charge is 0.307 e. The van der Waals surface area contributed by atoms with Crippen molar-refractivity contribution in [2.24, 2.45) is 0 Å². The van der Waals surface area contributed by atoms with Crippen molar-refractivity contribution in [2.75, 3.05) is 5.32 Å². The van der Waals surface area contributed by atoms with Gasteiger partial charge in [0, 0.05) is 18.7 Å². The minimum atomic E-state index is -0.246. The van der Waals surface area contributed by atoms with E-state index in [0.29, 0.717) is 21.4 Å². The van der Waals surface area contributed by atoms with E-state index in [2.05, 4.69) is 10.4 Å². The average molecular weight is 324 g/mol. The van der Waals surface area contributed by atoms with Gasteiger partial charge in [-0.15, -0.1) is 0 Å². The standard InChI is InChI=1S/C15H15Cl2N3O/c1-2-10-20-13(8-9-18-20)19-14(21)7-6-11-4-3-5-12(16)15(11)17/h3-9H,2,10H2,1H3,(H,19,21)/b7-6+. The molecule has 21 heavy (non-hydrogen) atoms. The zero-order valence-corrected chi connectivity index (χ0v) is 13.0. The Morgan fingerprint density at radius 2 is 2.19 bits per heavy atom. The van der Waals surface area contributed by atoms with Crippen LogP contribution in [-0.4, -0.2) is 15.7 Å². The molecule has 0 radical (unpaired) electrons. The fourth-order valence-electron chi connectivity index (χ4n) is 1.81. The molecule has 0 atom stereocenters. The van der Waals surface area contributed by atoms with Crippen LogP contribution in [0.25, 0.3) is 6.08 Å². The highest BCUT2D eigenvalue weighted by atomic mass is 35.5. The Kier molecular flexibility index (Phi) is 5.42. The van der Waals surface area contributed by atoms with Crippen molar-refractivity contribution in [1.82, 2.24) is 9.78 Å². The Hall–Kier alpha value is -1.78. The van der Waals surface area contributed by atoms with Crippen molar-refractivity contribution in [3.05, 3.63) is 52.1 Å². The molecule has 0 spiro atoms. The van der Waals surface area contributed by atoms with Crippen LogP contribution in [0, 0.1) is 0 Å². The zero-order valence-electron chi connectivity index (χ0n) is 11.5. The number of nitrogens with one attached hydrogen (secondary N) is 1. The number of hydrogen-bond acceptors (Lipinski definition) is 2. The van der Waals surface area contributed by atoms with E-state index in [-0.39, 0.29) is 5.91 Å². The molecule has 1 aromatic carbocycles. The maximum Gasteiger partial charge on any atom is 0.249 e. The predicted octanol–water partition coefficient (Wildman–Crippen LogP) is 4.25. The number of carbonyl (C=O) groups is 1. The van der Waals surface area contributed by atoms with Gasteiger partial charge in [0.05, 0.1) is 16.2 Å². The normalized spacial score (nSPS) is 11.0. The number of benzene rings is 1. The van der Waals surface area contributed by atoms with Gasteiger partial charge < -0.3 is 5.32 Å². The van der Waals surface area contributed by atoms with Crippen molar-refractivity contribution < 1.29 is 4.79 Å². The molecule has 1 aromatic heterocycles. The second-order valence-corrected chi connectivity index (χ2v) is 5.19. The van der Waals surface area contributed by atoms with Crippen molar-refractivity contribution in [3.8, 4) is 0 Å². The van der Waals surface area contributed by atoms with Crippen LogP contribution in [0.1, 0.15) is 18.9 Å². The molecule has 1 heterocycles. The monoisotopic (exact) mass is 323 g/mol. The maximum atomic E-state index is 11.9. The van der Waals surface area contributed by atoms with Crippen LogP contribution in [-0.2, 0) is 11.3 Å². The van der Waals surface area contributed by atoms with E-state index < -0.39 is 0 Å². The molecule has 0 bridgehead atoms. The number of aryl methyl sites for hydroxylation is 1. The molecule has 2 aromatic rings. The summed E-state index contributed by atoms with van der Waals surface area (Å²) in [5, 5.41) is 7.81. The number of aromatic nitrogens is 2. The molecule has 0 saturated carbocycles. The predicted molar refractivity (Wildman–Crippen MR) is 86.6 cm³/mol. The molecule has 0 saturated heterocycles. The quantitative estimate of drug-likeness (QED) is 0.836. The molecule has 110 valence electrons. The molecule has 0 unspecified atom stereocenters. The molecule has 0 aliphatic carbocycles. The number of rotatable bonds is 5. The molecule has 2 rings (SSSR count). The summed E-state index contributed by atoms with van der Waals surface area (Å²) in [6.45, 7) is 2.81. The van der Waals surface area contributed by atoms with Gasteiger partial charge in [-0.05, 0) is 24.1 Å². The van der Waals surface area contributed by atoms with Gasteiger partial charge in [0.2, 0.25) is 5.91 Å². The third kappa shape index (κ3) is 4.09. The number of amides is 1. The number of carbonyl (C=O) groups excluding carboxylic acids is 1. The van der Waals surface area contributed by atoms with Crippen LogP contribution in [0.2, 0.25) is 10.0 Å². The van der Waals surface area contributed by atoms with Crippen molar-refractivity contribution in [1.29, 1.82) is 0 Å². The minimum absolute atomic E-state index is 0.246. The molecular weight excluding hydrogens is 309 g/mol. The van der Waals surface area contributed by atoms with Crippen molar-refractivity contribution >= 4 is 41.0 Å². The van der Waals surface area contributed by atoms with Crippen LogP contribution in [0.15, 0.2) is 36.5 Å². The van der Waals surface area contributed by atoms with E-state index in [1.54, 1.807) is 41.2 Å². The summed E-state index contributed by atoms with van der Waals surface area (Å²) >= 11 is 12.0. The number of nitrogens with zero attached hydrogens (tertiary/aromatic N) is 2. The first-order chi connectivity index (χ1) is 10.1. The second-order valence-electron chi connectivity index (χ2n) is 4.41. The minimum Gasteiger partial charge on any atom is -0.307 e. The van der Waals surface area contributed by atoms with Gasteiger partial charge in [-0.3, -0.25) is 4.79 Å². The highest BCUT2D eigenvalue weighted by Crippen LogP contribution is 2.26. The summed E-state index contributed by atoms with van der Waals surface area (Å²) in [4.78, 5) is 11.9. The molecule has 0 fully saturated rings. The van der Waals surface area contributed by atoms with Crippen LogP contribution in [0.5, 0.6) is 0 Å². The summed E-state index contributed by atoms with van der Waals surface area (Å²) in [5.74, 6) is 0.424. The molecule has 0 aliphatic rings. The smallest absolute Gasteiger partial charge is 0.249 e. The third-order valence-electron chi connectivity index (χ3n) is 2.80. The SMILES string of the molecule is CCCn1nccc1NC(=O)/C=C/c1cccc(Cl)c1Cl. The second kappa shape index (κ2) is 7.29. The Labute approximate surface area is 133 Å². The number of anilines is 1. The molecular formula is C15H15Cl2N3O. The lowest BCUT2D eigenvalue weighted by Crippen LogP contribution is -2.13. The van der Waals surface area contributed by atoms with Gasteiger partial charge in [0.1, 0.15) is 5.82 Å². The van der Waals surface area contributed by atoms with Gasteiger partial charge in [-0.2, -0.15) is 5.10 Å². The lowest BCUT2D eigenvalue weighted by Gasteiger charge is -2.06. The Balaban J connectivity index is 2.06. The summed E-state index contributed by atoms with van der Waals surface area (Å²) in [6, 6.07) is 7.03. The molecule has 0 aliphatic heterocycles. The Morgan fingerprint density at radius 3 is 2.95 bits per heavy atom. The molecule has 1 amide bonds. The van der Waals surface area contributed by atoms with Gasteiger partial charge in [-0.1, -0.05) is 42.3 Å². The van der Waals surface area contributed by atoms with Crippen LogP contribution in [0.4, 0.5) is 5.82 Å². The summed E-state index contributed by atoms with van der Waals surface area (Å²) in [6.07, 6.45) is 5.65. The summed E-state index contributed by atoms with van der Waals surface area (Å²) in [7, 11) is 0. The third-order valence-corrected chi connectivity index (χ3v) is 3.63. The van der Waals surface area contributed by atoms with E-state index in [0.717, 1.165) is 13.0 Å². The van der Waals surface area contributed by atoms with E-state index in [9.17, 15) is 4.79 Å².